The van der Waals surface area contributed by atoms with E-state index in [1.807, 2.05) is 11.3 Å². The maximum absolute atomic E-state index is 2.57. The van der Waals surface area contributed by atoms with Crippen LogP contribution in [-0.4, -0.2) is 0 Å². The van der Waals surface area contributed by atoms with E-state index in [1.54, 1.807) is 0 Å². The van der Waals surface area contributed by atoms with Crippen molar-refractivity contribution in [3.8, 4) is 66.8 Å². The lowest BCUT2D eigenvalue weighted by molar-refractivity contribution is 0.795. The van der Waals surface area contributed by atoms with Gasteiger partial charge in [0.2, 0.25) is 0 Å². The zero-order valence-corrected chi connectivity index (χ0v) is 38.5. The van der Waals surface area contributed by atoms with Gasteiger partial charge in [0, 0.05) is 37.1 Å². The molecular weight excluding hydrogens is 851 g/mol. The predicted molar refractivity (Wildman–Crippen MR) is 292 cm³/mol. The minimum Gasteiger partial charge on any atom is -0.309 e. The highest BCUT2D eigenvalue weighted by Gasteiger charge is 2.53. The Morgan fingerprint density at radius 3 is 1.16 bits per heavy atom. The number of hydrogen-bond donors (Lipinski definition) is 0. The van der Waals surface area contributed by atoms with Crippen LogP contribution in [0.5, 0.6) is 0 Å². The van der Waals surface area contributed by atoms with Gasteiger partial charge in [0.05, 0.1) is 11.1 Å². The van der Waals surface area contributed by atoms with E-state index in [9.17, 15) is 0 Å². The van der Waals surface area contributed by atoms with Crippen LogP contribution in [0.25, 0.3) is 86.9 Å². The Kier molecular flexibility index (Phi) is 9.05. The molecule has 0 N–H and O–H groups in total. The van der Waals surface area contributed by atoms with Crippen LogP contribution in [-0.2, 0) is 5.41 Å². The molecule has 14 rings (SSSR count). The van der Waals surface area contributed by atoms with Crippen LogP contribution >= 0.6 is 11.3 Å². The first-order valence-corrected chi connectivity index (χ1v) is 24.6. The lowest BCUT2D eigenvalue weighted by atomic mass is 9.70. The molecule has 0 aliphatic heterocycles. The van der Waals surface area contributed by atoms with Gasteiger partial charge in [0.15, 0.2) is 0 Å². The molecule has 0 saturated heterocycles. The second-order valence-electron chi connectivity index (χ2n) is 18.3. The summed E-state index contributed by atoms with van der Waals surface area (Å²) in [6.45, 7) is 0. The molecule has 1 aromatic heterocycles. The molecule has 1 heterocycles. The van der Waals surface area contributed by atoms with E-state index in [2.05, 4.69) is 266 Å². The van der Waals surface area contributed by atoms with Crippen molar-refractivity contribution in [1.29, 1.82) is 0 Å². The summed E-state index contributed by atoms with van der Waals surface area (Å²) >= 11 is 1.91. The van der Waals surface area contributed by atoms with Crippen LogP contribution in [0.2, 0.25) is 0 Å². The molecule has 69 heavy (non-hydrogen) atoms. The van der Waals surface area contributed by atoms with Crippen molar-refractivity contribution in [2.75, 3.05) is 4.90 Å². The number of fused-ring (bicyclic) bond motifs is 13. The summed E-state index contributed by atoms with van der Waals surface area (Å²) in [6, 6.07) is 96.8. The summed E-state index contributed by atoms with van der Waals surface area (Å²) < 4.78 is 2.55. The van der Waals surface area contributed by atoms with Crippen LogP contribution in [0.3, 0.4) is 0 Å². The third-order valence-corrected chi connectivity index (χ3v) is 15.8. The van der Waals surface area contributed by atoms with Crippen molar-refractivity contribution in [3.05, 3.63) is 283 Å². The maximum Gasteiger partial charge on any atom is 0.0726 e. The van der Waals surface area contributed by atoms with Crippen molar-refractivity contribution < 1.29 is 0 Å². The van der Waals surface area contributed by atoms with Gasteiger partial charge in [-0.15, -0.1) is 11.3 Å². The minimum absolute atomic E-state index is 0.508. The van der Waals surface area contributed by atoms with E-state index >= 15 is 0 Å². The normalized spacial score (nSPS) is 12.8. The number of benzene rings is 11. The van der Waals surface area contributed by atoms with Crippen molar-refractivity contribution in [2.45, 2.75) is 5.41 Å². The lowest BCUT2D eigenvalue weighted by Crippen LogP contribution is -2.26. The molecule has 0 amide bonds. The summed E-state index contributed by atoms with van der Waals surface area (Å²) in [5, 5.41) is 2.53. The van der Waals surface area contributed by atoms with Crippen LogP contribution in [0.4, 0.5) is 17.1 Å². The maximum atomic E-state index is 2.57. The fraction of sp³-hybridized carbons (Fsp3) is 0.0149. The van der Waals surface area contributed by atoms with Crippen molar-refractivity contribution >= 4 is 48.6 Å². The number of thiophene rings is 1. The standard InChI is InChI=1S/C67H43NS/c1-4-16-44(17-5-1)47-28-30-48(31-29-47)50-34-39-53(40-35-50)68(52-37-32-49(33-38-52)45-18-6-2-7-19-45)66-64-56-24-12-15-27-60(56)67(58-25-13-10-22-54(58)55-23-11-14-26-59(55)67)61(64)43-63-65(66)57-41-36-51(42-62(57)69-63)46-20-8-3-9-21-46/h1-43H. The average Bonchev–Trinajstić information content (AvgIpc) is 4.05. The third-order valence-electron chi connectivity index (χ3n) is 14.7. The quantitative estimate of drug-likeness (QED) is 0.154. The van der Waals surface area contributed by atoms with Gasteiger partial charge < -0.3 is 4.90 Å². The monoisotopic (exact) mass is 893 g/mol. The van der Waals surface area contributed by atoms with Gasteiger partial charge in [-0.2, -0.15) is 0 Å². The Labute approximate surface area is 406 Å². The number of rotatable bonds is 7. The summed E-state index contributed by atoms with van der Waals surface area (Å²) in [5.41, 5.74) is 23.1. The van der Waals surface area contributed by atoms with E-state index < -0.39 is 5.41 Å². The molecule has 322 valence electrons. The molecule has 2 heteroatoms. The van der Waals surface area contributed by atoms with Gasteiger partial charge in [0.1, 0.15) is 0 Å². The molecule has 11 aromatic carbocycles. The van der Waals surface area contributed by atoms with Crippen LogP contribution < -0.4 is 4.90 Å². The molecule has 0 atom stereocenters. The number of nitrogens with zero attached hydrogens (tertiary/aromatic N) is 1. The Hall–Kier alpha value is -8.56. The molecule has 12 aromatic rings. The molecule has 0 fully saturated rings. The zero-order chi connectivity index (χ0) is 45.5. The third kappa shape index (κ3) is 6.09. The largest absolute Gasteiger partial charge is 0.309 e. The first-order chi connectivity index (χ1) is 34.2. The van der Waals surface area contributed by atoms with Gasteiger partial charge in [-0.3, -0.25) is 0 Å². The van der Waals surface area contributed by atoms with Crippen LogP contribution in [0.1, 0.15) is 22.3 Å². The van der Waals surface area contributed by atoms with Crippen molar-refractivity contribution in [3.63, 3.8) is 0 Å². The van der Waals surface area contributed by atoms with E-state index in [0.29, 0.717) is 0 Å². The molecule has 0 radical (unpaired) electrons. The Bertz CT molecular complexity index is 3860. The molecule has 0 saturated carbocycles. The van der Waals surface area contributed by atoms with Crippen LogP contribution in [0, 0.1) is 0 Å². The molecule has 1 nitrogen and oxygen atoms in total. The second kappa shape index (κ2) is 15.8. The van der Waals surface area contributed by atoms with Gasteiger partial charge in [0.25, 0.3) is 0 Å². The topological polar surface area (TPSA) is 3.24 Å². The lowest BCUT2D eigenvalue weighted by Gasteiger charge is -2.32. The highest BCUT2D eigenvalue weighted by atomic mass is 32.1. The number of hydrogen-bond acceptors (Lipinski definition) is 2. The Morgan fingerprint density at radius 1 is 0.290 bits per heavy atom. The zero-order valence-electron chi connectivity index (χ0n) is 37.7. The van der Waals surface area contributed by atoms with Gasteiger partial charge in [-0.05, 0) is 120 Å². The van der Waals surface area contributed by atoms with Gasteiger partial charge >= 0.3 is 0 Å². The smallest absolute Gasteiger partial charge is 0.0726 e. The van der Waals surface area contributed by atoms with E-state index in [0.717, 1.165) is 11.4 Å². The SMILES string of the molecule is c1ccc(-c2ccc(-c3ccc(N(c4ccc(-c5ccccc5)cc4)c4c5c(cc6sc7cc(-c8ccccc8)ccc7c46)C4(c6ccccc6-c6ccccc64)c4ccccc4-5)cc3)cc2)cc1. The minimum atomic E-state index is -0.508. The summed E-state index contributed by atoms with van der Waals surface area (Å²) in [4.78, 5) is 2.57. The molecule has 1 spiro atoms. The van der Waals surface area contributed by atoms with E-state index in [-0.39, 0.29) is 0 Å². The fourth-order valence-corrected chi connectivity index (χ4v) is 12.8. The first-order valence-electron chi connectivity index (χ1n) is 23.8. The highest BCUT2D eigenvalue weighted by molar-refractivity contribution is 7.26. The molecule has 2 aliphatic rings. The highest BCUT2D eigenvalue weighted by Crippen LogP contribution is 2.66. The molecule has 2 aliphatic carbocycles. The van der Waals surface area contributed by atoms with E-state index in [4.69, 9.17) is 0 Å². The molecular formula is C67H43NS. The molecule has 0 bridgehead atoms. The Balaban J connectivity index is 1.06. The Morgan fingerprint density at radius 2 is 0.667 bits per heavy atom. The first kappa shape index (κ1) is 39.6. The summed E-state index contributed by atoms with van der Waals surface area (Å²) in [5.74, 6) is 0. The summed E-state index contributed by atoms with van der Waals surface area (Å²) in [7, 11) is 0. The second-order valence-corrected chi connectivity index (χ2v) is 19.4. The summed E-state index contributed by atoms with van der Waals surface area (Å²) in [6.07, 6.45) is 0. The predicted octanol–water partition coefficient (Wildman–Crippen LogP) is 18.5. The average molecular weight is 894 g/mol. The molecule has 0 unspecified atom stereocenters. The fourth-order valence-electron chi connectivity index (χ4n) is 11.6. The van der Waals surface area contributed by atoms with Gasteiger partial charge in [-0.1, -0.05) is 224 Å². The van der Waals surface area contributed by atoms with Crippen molar-refractivity contribution in [2.24, 2.45) is 0 Å². The number of anilines is 3. The van der Waals surface area contributed by atoms with Gasteiger partial charge in [-0.25, -0.2) is 0 Å². The van der Waals surface area contributed by atoms with E-state index in [1.165, 1.54) is 115 Å². The van der Waals surface area contributed by atoms with Crippen LogP contribution in [0.15, 0.2) is 261 Å². The van der Waals surface area contributed by atoms with Crippen molar-refractivity contribution in [1.82, 2.24) is 0 Å².